The number of ether oxygens (including phenoxy) is 1. The molecule has 7 heteroatoms. The van der Waals surface area contributed by atoms with Gasteiger partial charge in [0.05, 0.1) is 16.3 Å². The van der Waals surface area contributed by atoms with Crippen LogP contribution >= 0.6 is 0 Å². The first-order chi connectivity index (χ1) is 14.4. The minimum Gasteiger partial charge on any atom is -0.486 e. The molecule has 30 heavy (non-hydrogen) atoms. The molecule has 0 amide bonds. The summed E-state index contributed by atoms with van der Waals surface area (Å²) < 4.78 is 42.7. The smallest absolute Gasteiger partial charge is 0.175 e. The van der Waals surface area contributed by atoms with E-state index in [0.29, 0.717) is 17.2 Å². The van der Waals surface area contributed by atoms with Crippen LogP contribution in [-0.4, -0.2) is 24.6 Å². The molecule has 0 bridgehead atoms. The maximum atomic E-state index is 13.4. The van der Waals surface area contributed by atoms with Crippen molar-refractivity contribution in [1.82, 2.24) is 9.97 Å². The maximum absolute atomic E-state index is 13.4. The number of para-hydroxylation sites is 1. The fourth-order valence-corrected chi connectivity index (χ4v) is 3.68. The number of sulfone groups is 1. The van der Waals surface area contributed by atoms with Crippen LogP contribution in [0.5, 0.6) is 5.75 Å². The third-order valence-electron chi connectivity index (χ3n) is 4.56. The highest BCUT2D eigenvalue weighted by Crippen LogP contribution is 2.31. The normalized spacial score (nSPS) is 11.4. The summed E-state index contributed by atoms with van der Waals surface area (Å²) in [5.74, 6) is 0.988. The van der Waals surface area contributed by atoms with Gasteiger partial charge in [-0.15, -0.1) is 0 Å². The molecule has 0 saturated heterocycles. The van der Waals surface area contributed by atoms with Crippen molar-refractivity contribution in [3.63, 3.8) is 0 Å². The zero-order valence-corrected chi connectivity index (χ0v) is 17.0. The monoisotopic (exact) mass is 422 g/mol. The summed E-state index contributed by atoms with van der Waals surface area (Å²) in [5, 5.41) is 0. The van der Waals surface area contributed by atoms with E-state index in [-0.39, 0.29) is 17.3 Å². The van der Waals surface area contributed by atoms with Gasteiger partial charge < -0.3 is 9.72 Å². The van der Waals surface area contributed by atoms with Crippen molar-refractivity contribution in [1.29, 1.82) is 0 Å². The van der Waals surface area contributed by atoms with Crippen LogP contribution in [0.15, 0.2) is 83.8 Å². The van der Waals surface area contributed by atoms with E-state index in [2.05, 4.69) is 9.97 Å². The molecule has 0 aliphatic heterocycles. The number of benzene rings is 3. The Morgan fingerprint density at radius 2 is 1.53 bits per heavy atom. The summed E-state index contributed by atoms with van der Waals surface area (Å²) >= 11 is 0. The maximum Gasteiger partial charge on any atom is 0.175 e. The zero-order chi connectivity index (χ0) is 21.1. The minimum absolute atomic E-state index is 0.222. The number of halogens is 1. The Hall–Kier alpha value is -3.45. The van der Waals surface area contributed by atoms with Gasteiger partial charge in [-0.05, 0) is 48.5 Å². The molecule has 3 aromatic carbocycles. The van der Waals surface area contributed by atoms with E-state index in [1.54, 1.807) is 36.4 Å². The summed E-state index contributed by atoms with van der Waals surface area (Å²) in [6.45, 7) is 0.222. The molecule has 0 saturated carbocycles. The van der Waals surface area contributed by atoms with Crippen molar-refractivity contribution in [3.8, 4) is 28.3 Å². The van der Waals surface area contributed by atoms with Gasteiger partial charge >= 0.3 is 0 Å². The molecule has 1 aromatic heterocycles. The van der Waals surface area contributed by atoms with E-state index in [4.69, 9.17) is 4.74 Å². The van der Waals surface area contributed by atoms with E-state index in [1.807, 2.05) is 30.3 Å². The van der Waals surface area contributed by atoms with Gasteiger partial charge in [-0.3, -0.25) is 0 Å². The fourth-order valence-electron chi connectivity index (χ4n) is 3.05. The average Bonchev–Trinajstić information content (AvgIpc) is 3.17. The van der Waals surface area contributed by atoms with Crippen LogP contribution in [0.25, 0.3) is 22.5 Å². The molecule has 0 aliphatic carbocycles. The Labute approximate surface area is 174 Å². The highest BCUT2D eigenvalue weighted by Gasteiger charge is 2.16. The molecule has 0 unspecified atom stereocenters. The van der Waals surface area contributed by atoms with Gasteiger partial charge in [0.2, 0.25) is 0 Å². The quantitative estimate of drug-likeness (QED) is 0.481. The molecule has 0 fully saturated rings. The molecule has 5 nitrogen and oxygen atoms in total. The summed E-state index contributed by atoms with van der Waals surface area (Å²) in [4.78, 5) is 8.15. The van der Waals surface area contributed by atoms with E-state index >= 15 is 0 Å². The lowest BCUT2D eigenvalue weighted by atomic mass is 10.1. The number of aromatic nitrogens is 2. The molecule has 0 atom stereocenters. The van der Waals surface area contributed by atoms with E-state index in [1.165, 1.54) is 18.4 Å². The number of hydrogen-bond acceptors (Lipinski definition) is 4. The second-order valence-electron chi connectivity index (χ2n) is 6.81. The van der Waals surface area contributed by atoms with Gasteiger partial charge in [0, 0.05) is 17.4 Å². The zero-order valence-electron chi connectivity index (χ0n) is 16.2. The Morgan fingerprint density at radius 1 is 0.900 bits per heavy atom. The first kappa shape index (κ1) is 19.8. The highest BCUT2D eigenvalue weighted by atomic mass is 32.2. The lowest BCUT2D eigenvalue weighted by Crippen LogP contribution is -1.97. The predicted molar refractivity (Wildman–Crippen MR) is 113 cm³/mol. The number of nitrogens with one attached hydrogen (secondary N) is 1. The van der Waals surface area contributed by atoms with E-state index in [0.717, 1.165) is 16.9 Å². The van der Waals surface area contributed by atoms with Crippen molar-refractivity contribution >= 4 is 9.84 Å². The van der Waals surface area contributed by atoms with Crippen LogP contribution in [0, 0.1) is 5.82 Å². The summed E-state index contributed by atoms with van der Waals surface area (Å²) in [7, 11) is -3.29. The van der Waals surface area contributed by atoms with Crippen molar-refractivity contribution in [2.75, 3.05) is 6.26 Å². The van der Waals surface area contributed by atoms with Crippen molar-refractivity contribution in [2.24, 2.45) is 0 Å². The third kappa shape index (κ3) is 4.41. The Kier molecular flexibility index (Phi) is 5.37. The Bertz CT molecular complexity index is 1250. The van der Waals surface area contributed by atoms with Crippen molar-refractivity contribution in [2.45, 2.75) is 11.5 Å². The molecular formula is C23H19FN2O3S. The average molecular weight is 422 g/mol. The number of aromatic amines is 1. The van der Waals surface area contributed by atoms with Crippen LogP contribution in [0.2, 0.25) is 0 Å². The first-order valence-corrected chi connectivity index (χ1v) is 11.1. The highest BCUT2D eigenvalue weighted by molar-refractivity contribution is 7.90. The first-order valence-electron chi connectivity index (χ1n) is 9.23. The van der Waals surface area contributed by atoms with Gasteiger partial charge in [-0.25, -0.2) is 17.8 Å². The van der Waals surface area contributed by atoms with Crippen LogP contribution in [0.4, 0.5) is 4.39 Å². The molecule has 1 heterocycles. The van der Waals surface area contributed by atoms with Gasteiger partial charge in [-0.2, -0.15) is 0 Å². The van der Waals surface area contributed by atoms with Crippen LogP contribution in [0.1, 0.15) is 5.82 Å². The Morgan fingerprint density at radius 3 is 2.17 bits per heavy atom. The second-order valence-corrected chi connectivity index (χ2v) is 8.83. The van der Waals surface area contributed by atoms with Crippen molar-refractivity contribution in [3.05, 3.63) is 90.5 Å². The SMILES string of the molecule is CS(=O)(=O)c1ccc(-c2nc(COc3ccccc3)[nH]c2-c2ccc(F)cc2)cc1. The topological polar surface area (TPSA) is 72.1 Å². The minimum atomic E-state index is -3.29. The standard InChI is InChI=1S/C23H19FN2O3S/c1-30(27,28)20-13-9-17(10-14-20)23-22(16-7-11-18(24)12-8-16)25-21(26-23)15-29-19-5-3-2-4-6-19/h2-14H,15H2,1H3,(H,25,26). The lowest BCUT2D eigenvalue weighted by Gasteiger charge is -2.04. The predicted octanol–water partition coefficient (Wildman–Crippen LogP) is 4.87. The van der Waals surface area contributed by atoms with Gasteiger partial charge in [0.1, 0.15) is 24.0 Å². The third-order valence-corrected chi connectivity index (χ3v) is 5.69. The summed E-state index contributed by atoms with van der Waals surface area (Å²) in [6, 6.07) is 22.0. The fraction of sp³-hybridized carbons (Fsp3) is 0.0870. The van der Waals surface area contributed by atoms with Crippen LogP contribution in [0.3, 0.4) is 0 Å². The molecule has 4 rings (SSSR count). The molecule has 0 aliphatic rings. The van der Waals surface area contributed by atoms with Gasteiger partial charge in [-0.1, -0.05) is 30.3 Å². The van der Waals surface area contributed by atoms with Crippen LogP contribution < -0.4 is 4.74 Å². The molecule has 152 valence electrons. The van der Waals surface area contributed by atoms with E-state index < -0.39 is 9.84 Å². The number of rotatable bonds is 6. The Balaban J connectivity index is 1.71. The molecule has 1 N–H and O–H groups in total. The molecular weight excluding hydrogens is 403 g/mol. The largest absolute Gasteiger partial charge is 0.486 e. The number of imidazole rings is 1. The van der Waals surface area contributed by atoms with Gasteiger partial charge in [0.25, 0.3) is 0 Å². The molecule has 4 aromatic rings. The lowest BCUT2D eigenvalue weighted by molar-refractivity contribution is 0.297. The molecule has 0 radical (unpaired) electrons. The van der Waals surface area contributed by atoms with Crippen LogP contribution in [-0.2, 0) is 16.4 Å². The summed E-state index contributed by atoms with van der Waals surface area (Å²) in [6.07, 6.45) is 1.17. The van der Waals surface area contributed by atoms with Gasteiger partial charge in [0.15, 0.2) is 9.84 Å². The summed E-state index contributed by atoms with van der Waals surface area (Å²) in [5.41, 5.74) is 2.84. The number of hydrogen-bond donors (Lipinski definition) is 1. The van der Waals surface area contributed by atoms with E-state index in [9.17, 15) is 12.8 Å². The van der Waals surface area contributed by atoms with Crippen molar-refractivity contribution < 1.29 is 17.5 Å². The molecule has 0 spiro atoms. The number of H-pyrrole nitrogens is 1. The number of nitrogens with zero attached hydrogens (tertiary/aromatic N) is 1. The second kappa shape index (κ2) is 8.12.